The van der Waals surface area contributed by atoms with E-state index >= 15 is 0 Å². The van der Waals surface area contributed by atoms with Crippen LogP contribution >= 0.6 is 11.3 Å². The molecule has 32 heavy (non-hydrogen) atoms. The second-order valence-electron chi connectivity index (χ2n) is 8.57. The number of benzene rings is 1. The highest BCUT2D eigenvalue weighted by Crippen LogP contribution is 2.25. The number of nitrogens with one attached hydrogen (secondary N) is 1. The molecule has 2 aromatic heterocycles. The first kappa shape index (κ1) is 22.2. The minimum absolute atomic E-state index is 0.00498. The number of carbonyl (C=O) groups excluding carboxylic acids is 2. The zero-order valence-corrected chi connectivity index (χ0v) is 19.3. The summed E-state index contributed by atoms with van der Waals surface area (Å²) in [5.74, 6) is -0.388. The summed E-state index contributed by atoms with van der Waals surface area (Å²) in [6.45, 7) is 0.929. The number of carbonyl (C=O) groups is 2. The third kappa shape index (κ3) is 4.91. The first-order chi connectivity index (χ1) is 15.4. The van der Waals surface area contributed by atoms with E-state index in [0.29, 0.717) is 12.5 Å². The second kappa shape index (κ2) is 9.65. The van der Waals surface area contributed by atoms with Crippen LogP contribution in [-0.4, -0.2) is 40.4 Å². The maximum absolute atomic E-state index is 13.0. The average molecular weight is 453 g/mol. The van der Waals surface area contributed by atoms with Crippen LogP contribution in [0.2, 0.25) is 0 Å². The molecule has 1 N–H and O–H groups in total. The van der Waals surface area contributed by atoms with E-state index in [4.69, 9.17) is 0 Å². The van der Waals surface area contributed by atoms with E-state index in [-0.39, 0.29) is 17.7 Å². The molecule has 0 aliphatic heterocycles. The number of nitrogens with zero attached hydrogens (tertiary/aromatic N) is 3. The van der Waals surface area contributed by atoms with Crippen molar-refractivity contribution in [3.05, 3.63) is 63.0 Å². The van der Waals surface area contributed by atoms with Crippen LogP contribution in [0.5, 0.6) is 0 Å². The fourth-order valence-corrected chi connectivity index (χ4v) is 5.11. The Morgan fingerprint density at radius 1 is 1.12 bits per heavy atom. The quantitative estimate of drug-likeness (QED) is 0.619. The Bertz CT molecular complexity index is 1160. The molecule has 0 spiro atoms. The third-order valence-corrected chi connectivity index (χ3v) is 6.93. The van der Waals surface area contributed by atoms with E-state index in [1.807, 2.05) is 28.8 Å². The molecule has 1 aliphatic rings. The summed E-state index contributed by atoms with van der Waals surface area (Å²) in [5, 5.41) is 3.58. The minimum atomic E-state index is -0.537. The number of para-hydroxylation sites is 1. The molecule has 1 fully saturated rings. The maximum atomic E-state index is 13.0. The summed E-state index contributed by atoms with van der Waals surface area (Å²) >= 11 is 1.51. The second-order valence-corrected chi connectivity index (χ2v) is 9.69. The van der Waals surface area contributed by atoms with Gasteiger partial charge in [0.1, 0.15) is 16.1 Å². The van der Waals surface area contributed by atoms with Crippen molar-refractivity contribution in [2.24, 2.45) is 5.92 Å². The van der Waals surface area contributed by atoms with Crippen LogP contribution in [0.15, 0.2) is 41.5 Å². The average Bonchev–Trinajstić information content (AvgIpc) is 3.21. The van der Waals surface area contributed by atoms with E-state index in [0.717, 1.165) is 28.1 Å². The van der Waals surface area contributed by atoms with Gasteiger partial charge in [-0.05, 0) is 30.9 Å². The van der Waals surface area contributed by atoms with Gasteiger partial charge in [-0.25, -0.2) is 4.98 Å². The predicted octanol–water partition coefficient (Wildman–Crippen LogP) is 3.67. The molecule has 0 bridgehead atoms. The maximum Gasteiger partial charge on any atom is 0.258 e. The van der Waals surface area contributed by atoms with Gasteiger partial charge in [0.15, 0.2) is 0 Å². The van der Waals surface area contributed by atoms with Crippen LogP contribution in [0.4, 0.5) is 0 Å². The molecule has 1 saturated carbocycles. The Kier molecular flexibility index (Phi) is 6.69. The smallest absolute Gasteiger partial charge is 0.258 e. The van der Waals surface area contributed by atoms with Crippen LogP contribution in [0.25, 0.3) is 10.2 Å². The molecular weight excluding hydrogens is 424 g/mol. The monoisotopic (exact) mass is 452 g/mol. The van der Waals surface area contributed by atoms with Gasteiger partial charge in [0.2, 0.25) is 5.43 Å². The summed E-state index contributed by atoms with van der Waals surface area (Å²) < 4.78 is 2.89. The molecule has 4 rings (SSSR count). The predicted molar refractivity (Wildman–Crippen MR) is 126 cm³/mol. The lowest BCUT2D eigenvalue weighted by Gasteiger charge is -2.23. The molecule has 0 radical (unpaired) electrons. The standard InChI is InChI=1S/C24H28N4O3S/c1-27(2)24(31)18-15-28(13-16-8-4-3-5-9-16)14-17(22(18)29)23(30)25-12-21-26-19-10-6-7-11-20(19)32-21/h6-7,10-11,14-16H,3-5,8-9,12-13H2,1-2H3,(H,25,30). The lowest BCUT2D eigenvalue weighted by atomic mass is 9.89. The fraction of sp³-hybridized carbons (Fsp3) is 0.417. The van der Waals surface area contributed by atoms with Gasteiger partial charge in [-0.15, -0.1) is 11.3 Å². The molecule has 7 nitrogen and oxygen atoms in total. The number of thiazole rings is 1. The normalized spacial score (nSPS) is 14.4. The number of rotatable bonds is 6. The van der Waals surface area contributed by atoms with Gasteiger partial charge in [0, 0.05) is 33.0 Å². The highest BCUT2D eigenvalue weighted by atomic mass is 32.1. The van der Waals surface area contributed by atoms with Crippen molar-refractivity contribution in [1.29, 1.82) is 0 Å². The Labute approximate surface area is 191 Å². The summed E-state index contributed by atoms with van der Waals surface area (Å²) in [4.78, 5) is 44.5. The largest absolute Gasteiger partial charge is 0.352 e. The molecular formula is C24H28N4O3S. The van der Waals surface area contributed by atoms with Crippen LogP contribution in [0.1, 0.15) is 57.8 Å². The minimum Gasteiger partial charge on any atom is -0.352 e. The van der Waals surface area contributed by atoms with Gasteiger partial charge < -0.3 is 14.8 Å². The number of hydrogen-bond donors (Lipinski definition) is 1. The Morgan fingerprint density at radius 2 is 1.84 bits per heavy atom. The van der Waals surface area contributed by atoms with Crippen LogP contribution in [0, 0.1) is 5.92 Å². The SMILES string of the molecule is CN(C)C(=O)c1cn(CC2CCCCC2)cc(C(=O)NCc2nc3ccccc3s2)c1=O. The van der Waals surface area contributed by atoms with Crippen molar-refractivity contribution in [3.63, 3.8) is 0 Å². The fourth-order valence-electron chi connectivity index (χ4n) is 4.21. The van der Waals surface area contributed by atoms with E-state index in [9.17, 15) is 14.4 Å². The van der Waals surface area contributed by atoms with Crippen molar-refractivity contribution in [1.82, 2.24) is 19.8 Å². The zero-order chi connectivity index (χ0) is 22.7. The van der Waals surface area contributed by atoms with Crippen LogP contribution < -0.4 is 10.7 Å². The summed E-state index contributed by atoms with van der Waals surface area (Å²) in [5.41, 5.74) is 0.369. The Balaban J connectivity index is 1.58. The van der Waals surface area contributed by atoms with Crippen molar-refractivity contribution in [2.75, 3.05) is 14.1 Å². The van der Waals surface area contributed by atoms with Gasteiger partial charge >= 0.3 is 0 Å². The highest BCUT2D eigenvalue weighted by molar-refractivity contribution is 7.18. The molecule has 8 heteroatoms. The summed E-state index contributed by atoms with van der Waals surface area (Å²) in [7, 11) is 3.21. The van der Waals surface area contributed by atoms with Crippen LogP contribution in [0.3, 0.4) is 0 Å². The molecule has 1 aromatic carbocycles. The number of hydrogen-bond acceptors (Lipinski definition) is 5. The van der Waals surface area contributed by atoms with Crippen LogP contribution in [-0.2, 0) is 13.1 Å². The molecule has 1 aliphatic carbocycles. The Hall–Kier alpha value is -3.00. The van der Waals surface area contributed by atoms with Crippen molar-refractivity contribution in [2.45, 2.75) is 45.2 Å². The molecule has 2 amide bonds. The van der Waals surface area contributed by atoms with Crippen molar-refractivity contribution < 1.29 is 9.59 Å². The van der Waals surface area contributed by atoms with Gasteiger partial charge in [-0.2, -0.15) is 0 Å². The van der Waals surface area contributed by atoms with Crippen molar-refractivity contribution >= 4 is 33.4 Å². The molecule has 0 unspecified atom stereocenters. The molecule has 0 saturated heterocycles. The summed E-state index contributed by atoms with van der Waals surface area (Å²) in [6, 6.07) is 7.79. The van der Waals surface area contributed by atoms with Gasteiger partial charge in [0.05, 0.1) is 16.8 Å². The first-order valence-electron chi connectivity index (χ1n) is 11.0. The molecule has 2 heterocycles. The summed E-state index contributed by atoms with van der Waals surface area (Å²) in [6.07, 6.45) is 9.10. The highest BCUT2D eigenvalue weighted by Gasteiger charge is 2.22. The lowest BCUT2D eigenvalue weighted by Crippen LogP contribution is -2.35. The van der Waals surface area contributed by atoms with Gasteiger partial charge in [0.25, 0.3) is 11.8 Å². The number of aromatic nitrogens is 2. The van der Waals surface area contributed by atoms with E-state index < -0.39 is 17.2 Å². The van der Waals surface area contributed by atoms with Crippen molar-refractivity contribution in [3.8, 4) is 0 Å². The Morgan fingerprint density at radius 3 is 2.56 bits per heavy atom. The first-order valence-corrected chi connectivity index (χ1v) is 11.8. The molecule has 168 valence electrons. The third-order valence-electron chi connectivity index (χ3n) is 5.89. The lowest BCUT2D eigenvalue weighted by molar-refractivity contribution is 0.0825. The number of amides is 2. The van der Waals surface area contributed by atoms with E-state index in [2.05, 4.69) is 10.3 Å². The molecule has 0 atom stereocenters. The van der Waals surface area contributed by atoms with Gasteiger partial charge in [-0.3, -0.25) is 14.4 Å². The topological polar surface area (TPSA) is 84.3 Å². The zero-order valence-electron chi connectivity index (χ0n) is 18.5. The number of pyridine rings is 1. The van der Waals surface area contributed by atoms with Gasteiger partial charge in [-0.1, -0.05) is 31.4 Å². The molecule has 3 aromatic rings. The number of fused-ring (bicyclic) bond motifs is 1. The van der Waals surface area contributed by atoms with E-state index in [1.54, 1.807) is 26.5 Å². The van der Waals surface area contributed by atoms with E-state index in [1.165, 1.54) is 35.5 Å².